The van der Waals surface area contributed by atoms with Crippen molar-refractivity contribution in [1.82, 2.24) is 4.98 Å². The number of methoxy groups -OCH3 is 1. The molecular formula is C14H14ClN3O2. The van der Waals surface area contributed by atoms with Crippen molar-refractivity contribution < 1.29 is 9.15 Å². The summed E-state index contributed by atoms with van der Waals surface area (Å²) in [6.07, 6.45) is 0. The summed E-state index contributed by atoms with van der Waals surface area (Å²) in [6, 6.07) is 9.09. The van der Waals surface area contributed by atoms with Gasteiger partial charge in [0.15, 0.2) is 0 Å². The van der Waals surface area contributed by atoms with E-state index in [0.29, 0.717) is 23.4 Å². The van der Waals surface area contributed by atoms with E-state index in [2.05, 4.69) is 10.3 Å². The number of rotatable bonds is 5. The number of nitriles is 1. The van der Waals surface area contributed by atoms with Crippen LogP contribution >= 0.6 is 11.6 Å². The lowest BCUT2D eigenvalue weighted by atomic mass is 10.2. The Balaban J connectivity index is 2.27. The molecule has 0 amide bonds. The molecule has 0 spiro atoms. The van der Waals surface area contributed by atoms with Gasteiger partial charge in [-0.25, -0.2) is 0 Å². The molecule has 6 heteroatoms. The van der Waals surface area contributed by atoms with Crippen molar-refractivity contribution in [1.29, 1.82) is 5.26 Å². The van der Waals surface area contributed by atoms with E-state index < -0.39 is 0 Å². The van der Waals surface area contributed by atoms with Crippen molar-refractivity contribution in [2.24, 2.45) is 0 Å². The Hall–Kier alpha value is -2.03. The highest BCUT2D eigenvalue weighted by Crippen LogP contribution is 2.26. The quantitative estimate of drug-likeness (QED) is 0.915. The van der Waals surface area contributed by atoms with Crippen LogP contribution in [0.15, 0.2) is 28.7 Å². The van der Waals surface area contributed by atoms with Crippen molar-refractivity contribution in [2.45, 2.75) is 13.0 Å². The average molecular weight is 292 g/mol. The van der Waals surface area contributed by atoms with E-state index in [9.17, 15) is 0 Å². The molecule has 1 atom stereocenters. The van der Waals surface area contributed by atoms with Crippen molar-refractivity contribution in [3.63, 3.8) is 0 Å². The zero-order valence-electron chi connectivity index (χ0n) is 11.2. The fourth-order valence-electron chi connectivity index (χ4n) is 1.73. The number of anilines is 1. The summed E-state index contributed by atoms with van der Waals surface area (Å²) in [5.41, 5.74) is 0.983. The first kappa shape index (κ1) is 14.4. The molecule has 20 heavy (non-hydrogen) atoms. The lowest BCUT2D eigenvalue weighted by molar-refractivity contribution is 0.189. The minimum atomic E-state index is 0.0121. The molecule has 1 aromatic carbocycles. The summed E-state index contributed by atoms with van der Waals surface area (Å²) in [6.45, 7) is 2.43. The number of aromatic nitrogens is 1. The molecule has 0 saturated heterocycles. The molecule has 1 heterocycles. The first-order valence-electron chi connectivity index (χ1n) is 6.06. The topological polar surface area (TPSA) is 71.1 Å². The van der Waals surface area contributed by atoms with Crippen molar-refractivity contribution in [2.75, 3.05) is 19.0 Å². The van der Waals surface area contributed by atoms with Crippen LogP contribution in [0.1, 0.15) is 12.6 Å². The van der Waals surface area contributed by atoms with Gasteiger partial charge in [0.25, 0.3) is 0 Å². The molecule has 0 unspecified atom stereocenters. The maximum atomic E-state index is 9.10. The number of benzene rings is 1. The monoisotopic (exact) mass is 291 g/mol. The van der Waals surface area contributed by atoms with Gasteiger partial charge in [-0.3, -0.25) is 0 Å². The second-order valence-electron chi connectivity index (χ2n) is 4.32. The van der Waals surface area contributed by atoms with Gasteiger partial charge in [-0.05, 0) is 31.2 Å². The van der Waals surface area contributed by atoms with Crippen LogP contribution in [0.4, 0.5) is 5.88 Å². The van der Waals surface area contributed by atoms with Gasteiger partial charge in [-0.1, -0.05) is 11.6 Å². The first-order valence-corrected chi connectivity index (χ1v) is 6.44. The number of hydrogen-bond donors (Lipinski definition) is 1. The summed E-state index contributed by atoms with van der Waals surface area (Å²) in [4.78, 5) is 4.17. The highest BCUT2D eigenvalue weighted by Gasteiger charge is 2.16. The molecule has 104 valence electrons. The molecule has 0 saturated carbocycles. The average Bonchev–Trinajstić information content (AvgIpc) is 2.82. The predicted octanol–water partition coefficient (Wildman–Crippen LogP) is 3.31. The lowest BCUT2D eigenvalue weighted by Gasteiger charge is -2.10. The van der Waals surface area contributed by atoms with Crippen LogP contribution < -0.4 is 5.32 Å². The van der Waals surface area contributed by atoms with Crippen LogP contribution in [0.25, 0.3) is 11.5 Å². The summed E-state index contributed by atoms with van der Waals surface area (Å²) in [5, 5.41) is 12.8. The third kappa shape index (κ3) is 3.29. The van der Waals surface area contributed by atoms with Crippen LogP contribution in [0.5, 0.6) is 0 Å². The molecule has 0 fully saturated rings. The van der Waals surface area contributed by atoms with E-state index in [-0.39, 0.29) is 11.7 Å². The Bertz CT molecular complexity index is 616. The van der Waals surface area contributed by atoms with Crippen molar-refractivity contribution >= 4 is 17.5 Å². The fraction of sp³-hybridized carbons (Fsp3) is 0.286. The van der Waals surface area contributed by atoms with E-state index in [4.69, 9.17) is 26.0 Å². The van der Waals surface area contributed by atoms with Crippen molar-refractivity contribution in [3.8, 4) is 17.5 Å². The largest absolute Gasteiger partial charge is 0.419 e. The molecule has 0 aliphatic carbocycles. The summed E-state index contributed by atoms with van der Waals surface area (Å²) in [7, 11) is 1.61. The molecule has 1 aromatic heterocycles. The maximum absolute atomic E-state index is 9.10. The van der Waals surface area contributed by atoms with Crippen LogP contribution in [0, 0.1) is 11.3 Å². The predicted molar refractivity (Wildman–Crippen MR) is 76.6 cm³/mol. The van der Waals surface area contributed by atoms with E-state index in [1.165, 1.54) is 0 Å². The van der Waals surface area contributed by atoms with Gasteiger partial charge >= 0.3 is 0 Å². The molecule has 2 aromatic rings. The van der Waals surface area contributed by atoms with E-state index in [1.54, 1.807) is 31.4 Å². The zero-order valence-corrected chi connectivity index (χ0v) is 11.9. The molecule has 2 rings (SSSR count). The summed E-state index contributed by atoms with van der Waals surface area (Å²) in [5.74, 6) is 0.729. The van der Waals surface area contributed by atoms with Gasteiger partial charge in [-0.15, -0.1) is 0 Å². The molecule has 0 aliphatic heterocycles. The molecule has 5 nitrogen and oxygen atoms in total. The standard InChI is InChI=1S/C14H14ClN3O2/c1-9(8-19-2)17-14-12(7-16)18-13(20-14)10-3-5-11(15)6-4-10/h3-6,9,17H,8H2,1-2H3/t9-/m0/s1. The van der Waals surface area contributed by atoms with Gasteiger partial charge in [-0.2, -0.15) is 10.2 Å². The number of halogens is 1. The Morgan fingerprint density at radius 2 is 2.15 bits per heavy atom. The number of oxazole rings is 1. The minimum absolute atomic E-state index is 0.0121. The van der Waals surface area contributed by atoms with Crippen LogP contribution in [0.3, 0.4) is 0 Å². The number of hydrogen-bond acceptors (Lipinski definition) is 5. The highest BCUT2D eigenvalue weighted by molar-refractivity contribution is 6.30. The van der Waals surface area contributed by atoms with Crippen LogP contribution in [-0.2, 0) is 4.74 Å². The third-order valence-electron chi connectivity index (χ3n) is 2.62. The van der Waals surface area contributed by atoms with E-state index in [1.807, 2.05) is 13.0 Å². The fourth-order valence-corrected chi connectivity index (χ4v) is 1.85. The summed E-state index contributed by atoms with van der Waals surface area (Å²) < 4.78 is 10.6. The SMILES string of the molecule is COC[C@H](C)Nc1oc(-c2ccc(Cl)cc2)nc1C#N. The van der Waals surface area contributed by atoms with Crippen LogP contribution in [-0.4, -0.2) is 24.7 Å². The maximum Gasteiger partial charge on any atom is 0.232 e. The van der Waals surface area contributed by atoms with Gasteiger partial charge in [0.2, 0.25) is 17.5 Å². The number of nitrogens with zero attached hydrogens (tertiary/aromatic N) is 2. The van der Waals surface area contributed by atoms with E-state index in [0.717, 1.165) is 5.56 Å². The molecule has 1 N–H and O–H groups in total. The molecule has 0 radical (unpaired) electrons. The highest BCUT2D eigenvalue weighted by atomic mass is 35.5. The van der Waals surface area contributed by atoms with Gasteiger partial charge < -0.3 is 14.5 Å². The lowest BCUT2D eigenvalue weighted by Crippen LogP contribution is -2.20. The minimum Gasteiger partial charge on any atom is -0.419 e. The zero-order chi connectivity index (χ0) is 14.5. The van der Waals surface area contributed by atoms with Crippen LogP contribution in [0.2, 0.25) is 5.02 Å². The Labute approximate surface area is 122 Å². The number of nitrogens with one attached hydrogen (secondary N) is 1. The van der Waals surface area contributed by atoms with Gasteiger partial charge in [0, 0.05) is 23.7 Å². The Morgan fingerprint density at radius 1 is 1.45 bits per heavy atom. The Kier molecular flexibility index (Phi) is 4.61. The van der Waals surface area contributed by atoms with E-state index >= 15 is 0 Å². The second-order valence-corrected chi connectivity index (χ2v) is 4.75. The molecule has 0 aliphatic rings. The first-order chi connectivity index (χ1) is 9.63. The molecular weight excluding hydrogens is 278 g/mol. The van der Waals surface area contributed by atoms with Gasteiger partial charge in [0.05, 0.1) is 6.61 Å². The van der Waals surface area contributed by atoms with Crippen molar-refractivity contribution in [3.05, 3.63) is 35.0 Å². The smallest absolute Gasteiger partial charge is 0.232 e. The Morgan fingerprint density at radius 3 is 2.75 bits per heavy atom. The molecule has 0 bridgehead atoms. The second kappa shape index (κ2) is 6.42. The number of ether oxygens (including phenoxy) is 1. The van der Waals surface area contributed by atoms with Gasteiger partial charge in [0.1, 0.15) is 6.07 Å². The normalized spacial score (nSPS) is 11.9. The summed E-state index contributed by atoms with van der Waals surface area (Å²) >= 11 is 5.84. The third-order valence-corrected chi connectivity index (χ3v) is 2.87.